The van der Waals surface area contributed by atoms with Crippen LogP contribution in [0.5, 0.6) is 0 Å². The third-order valence-electron chi connectivity index (χ3n) is 3.18. The summed E-state index contributed by atoms with van der Waals surface area (Å²) in [6, 6.07) is 3.58. The molecule has 0 unspecified atom stereocenters. The molecule has 3 amide bonds. The van der Waals surface area contributed by atoms with Crippen LogP contribution in [-0.2, 0) is 14.3 Å². The topological polar surface area (TPSA) is 96.5 Å². The van der Waals surface area contributed by atoms with Gasteiger partial charge in [-0.3, -0.25) is 14.9 Å². The average molecular weight is 391 g/mol. The number of benzene rings is 1. The number of allylic oxidation sites excluding steroid dienone is 3. The lowest BCUT2D eigenvalue weighted by atomic mass is 10.2. The van der Waals surface area contributed by atoms with Gasteiger partial charge in [0.05, 0.1) is 11.4 Å². The molecule has 3 N–H and O–H groups in total. The molecule has 0 aliphatic carbocycles. The molecule has 0 saturated carbocycles. The summed E-state index contributed by atoms with van der Waals surface area (Å²) >= 11 is 0. The summed E-state index contributed by atoms with van der Waals surface area (Å²) < 4.78 is 18.7. The molecule has 0 aromatic heterocycles. The number of carbonyl (C=O) groups is 3. The molecule has 8 heteroatoms. The molecular weight excluding hydrogens is 365 g/mol. The van der Waals surface area contributed by atoms with Gasteiger partial charge in [0.15, 0.2) is 0 Å². The van der Waals surface area contributed by atoms with Crippen molar-refractivity contribution in [2.24, 2.45) is 0 Å². The highest BCUT2D eigenvalue weighted by molar-refractivity contribution is 6.06. The Balaban J connectivity index is 2.94. The predicted molar refractivity (Wildman–Crippen MR) is 106 cm³/mol. The van der Waals surface area contributed by atoms with Gasteiger partial charge in [-0.25, -0.2) is 9.18 Å². The molecule has 0 atom stereocenters. The summed E-state index contributed by atoms with van der Waals surface area (Å²) in [5, 5.41) is 7.62. The summed E-state index contributed by atoms with van der Waals surface area (Å²) in [5.41, 5.74) is 0.483. The van der Waals surface area contributed by atoms with Crippen LogP contribution in [0.3, 0.4) is 0 Å². The van der Waals surface area contributed by atoms with Gasteiger partial charge < -0.3 is 15.4 Å². The van der Waals surface area contributed by atoms with Gasteiger partial charge in [-0.1, -0.05) is 6.08 Å². The number of ether oxygens (including phenoxy) is 1. The van der Waals surface area contributed by atoms with Crippen LogP contribution in [0, 0.1) is 5.82 Å². The molecule has 0 spiro atoms. The Labute approximate surface area is 164 Å². The highest BCUT2D eigenvalue weighted by atomic mass is 19.1. The van der Waals surface area contributed by atoms with E-state index < -0.39 is 23.4 Å². The van der Waals surface area contributed by atoms with Crippen molar-refractivity contribution >= 4 is 29.3 Å². The first-order chi connectivity index (χ1) is 12.9. The number of amides is 3. The van der Waals surface area contributed by atoms with E-state index in [0.717, 1.165) is 12.1 Å². The first-order valence-corrected chi connectivity index (χ1v) is 8.61. The maximum Gasteiger partial charge on any atom is 0.412 e. The molecule has 1 aromatic rings. The Morgan fingerprint density at radius 3 is 2.21 bits per heavy atom. The quantitative estimate of drug-likeness (QED) is 0.520. The van der Waals surface area contributed by atoms with Crippen molar-refractivity contribution < 1.29 is 23.5 Å². The van der Waals surface area contributed by atoms with Gasteiger partial charge >= 0.3 is 6.09 Å². The Morgan fingerprint density at radius 1 is 1.00 bits per heavy atom. The Hall–Kier alpha value is -3.16. The molecule has 7 nitrogen and oxygen atoms in total. The molecule has 0 fully saturated rings. The van der Waals surface area contributed by atoms with E-state index >= 15 is 0 Å². The number of anilines is 2. The Bertz CT molecular complexity index is 823. The van der Waals surface area contributed by atoms with Crippen molar-refractivity contribution in [2.75, 3.05) is 10.6 Å². The van der Waals surface area contributed by atoms with Gasteiger partial charge in [0.2, 0.25) is 5.91 Å². The van der Waals surface area contributed by atoms with Crippen molar-refractivity contribution in [3.05, 3.63) is 47.4 Å². The van der Waals surface area contributed by atoms with Gasteiger partial charge in [-0.05, 0) is 58.9 Å². The Morgan fingerprint density at radius 2 is 1.64 bits per heavy atom. The molecule has 1 aromatic carbocycles. The van der Waals surface area contributed by atoms with E-state index in [1.165, 1.54) is 19.1 Å². The van der Waals surface area contributed by atoms with Crippen LogP contribution in [0.1, 0.15) is 41.5 Å². The second-order valence-electron chi connectivity index (χ2n) is 7.15. The fraction of sp³-hybridized carbons (Fsp3) is 0.350. The lowest BCUT2D eigenvalue weighted by molar-refractivity contribution is -0.118. The van der Waals surface area contributed by atoms with Crippen molar-refractivity contribution in [1.82, 2.24) is 5.32 Å². The number of carbonyl (C=O) groups excluding carboxylic acids is 3. The first kappa shape index (κ1) is 22.9. The zero-order valence-electron chi connectivity index (χ0n) is 16.9. The molecule has 0 bridgehead atoms. The Kier molecular flexibility index (Phi) is 7.91. The molecule has 28 heavy (non-hydrogen) atoms. The minimum Gasteiger partial charge on any atom is -0.444 e. The molecule has 0 heterocycles. The molecule has 0 aliphatic heterocycles. The van der Waals surface area contributed by atoms with E-state index in [9.17, 15) is 18.8 Å². The van der Waals surface area contributed by atoms with Gasteiger partial charge in [0, 0.05) is 18.2 Å². The fourth-order valence-electron chi connectivity index (χ4n) is 2.01. The van der Waals surface area contributed by atoms with Gasteiger partial charge in [-0.15, -0.1) is 0 Å². The average Bonchev–Trinajstić information content (AvgIpc) is 2.52. The largest absolute Gasteiger partial charge is 0.444 e. The van der Waals surface area contributed by atoms with E-state index in [1.54, 1.807) is 40.7 Å². The van der Waals surface area contributed by atoms with Gasteiger partial charge in [0.1, 0.15) is 11.4 Å². The van der Waals surface area contributed by atoms with E-state index in [2.05, 4.69) is 16.0 Å². The van der Waals surface area contributed by atoms with Crippen LogP contribution in [-0.4, -0.2) is 23.5 Å². The third-order valence-corrected chi connectivity index (χ3v) is 3.18. The molecule has 0 radical (unpaired) electrons. The van der Waals surface area contributed by atoms with Crippen molar-refractivity contribution in [2.45, 2.75) is 47.1 Å². The van der Waals surface area contributed by atoms with E-state index in [-0.39, 0.29) is 17.3 Å². The lowest BCUT2D eigenvalue weighted by Gasteiger charge is -2.20. The second kappa shape index (κ2) is 9.68. The van der Waals surface area contributed by atoms with Crippen LogP contribution < -0.4 is 16.0 Å². The van der Waals surface area contributed by atoms with Crippen LogP contribution >= 0.6 is 0 Å². The summed E-state index contributed by atoms with van der Waals surface area (Å²) in [5.74, 6) is -1.25. The number of halogens is 1. The van der Waals surface area contributed by atoms with E-state index in [0.29, 0.717) is 11.3 Å². The summed E-state index contributed by atoms with van der Waals surface area (Å²) in [6.45, 7) is 9.75. The minimum absolute atomic E-state index is 0.0698. The molecular formula is C20H26FN3O4. The van der Waals surface area contributed by atoms with Crippen molar-refractivity contribution in [3.8, 4) is 0 Å². The van der Waals surface area contributed by atoms with Gasteiger partial charge in [-0.2, -0.15) is 0 Å². The number of rotatable bonds is 5. The van der Waals surface area contributed by atoms with Crippen molar-refractivity contribution in [3.63, 3.8) is 0 Å². The van der Waals surface area contributed by atoms with E-state index in [1.807, 2.05) is 0 Å². The molecule has 1 rings (SSSR count). The smallest absolute Gasteiger partial charge is 0.412 e. The number of nitrogens with one attached hydrogen (secondary N) is 3. The van der Waals surface area contributed by atoms with Gasteiger partial charge in [0.25, 0.3) is 5.91 Å². The lowest BCUT2D eigenvalue weighted by Crippen LogP contribution is -2.27. The summed E-state index contributed by atoms with van der Waals surface area (Å²) in [6.07, 6.45) is 2.35. The maximum absolute atomic E-state index is 13.6. The maximum atomic E-state index is 13.6. The van der Waals surface area contributed by atoms with Crippen LogP contribution in [0.4, 0.5) is 20.6 Å². The van der Waals surface area contributed by atoms with Crippen molar-refractivity contribution in [1.29, 1.82) is 0 Å². The SMILES string of the molecule is CC(=O)N/C(C)=C/C=C(\C)C(=O)Nc1ccc(F)cc1NC(=O)OC(C)(C)C. The zero-order chi connectivity index (χ0) is 21.5. The normalized spacial score (nSPS) is 12.2. The predicted octanol–water partition coefficient (Wildman–Crippen LogP) is 4.10. The standard InChI is InChI=1S/C20H26FN3O4/c1-12(7-8-13(2)22-14(3)25)18(26)23-16-10-9-15(21)11-17(16)24-19(27)28-20(4,5)6/h7-11H,1-6H3,(H,22,25)(H,23,26)(H,24,27)/b12-7+,13-8+. The fourth-order valence-corrected chi connectivity index (χ4v) is 2.01. The summed E-state index contributed by atoms with van der Waals surface area (Å²) in [4.78, 5) is 35.3. The molecule has 152 valence electrons. The zero-order valence-corrected chi connectivity index (χ0v) is 16.9. The highest BCUT2D eigenvalue weighted by Crippen LogP contribution is 2.24. The molecule has 0 aliphatic rings. The van der Waals surface area contributed by atoms with Crippen LogP contribution in [0.2, 0.25) is 0 Å². The van der Waals surface area contributed by atoms with Crippen LogP contribution in [0.15, 0.2) is 41.6 Å². The highest BCUT2D eigenvalue weighted by Gasteiger charge is 2.18. The minimum atomic E-state index is -0.769. The number of hydrogen-bond donors (Lipinski definition) is 3. The van der Waals surface area contributed by atoms with Crippen LogP contribution in [0.25, 0.3) is 0 Å². The third kappa shape index (κ3) is 8.48. The number of hydrogen-bond acceptors (Lipinski definition) is 4. The second-order valence-corrected chi connectivity index (χ2v) is 7.15. The monoisotopic (exact) mass is 391 g/mol. The first-order valence-electron chi connectivity index (χ1n) is 8.61. The van der Waals surface area contributed by atoms with E-state index in [4.69, 9.17) is 4.74 Å². The molecule has 0 saturated heterocycles. The summed E-state index contributed by atoms with van der Waals surface area (Å²) in [7, 11) is 0.